The standard InChI is InChI=1S/C28H42O11/c1-3-5-7-34-25(29)17-13-21-23(38-21)15-19(17)27(31)36-11-9-33-10-12-37-28(32)20-16-24-22(39-24)14-18(20)26(30)35-8-6-4-2/h17-24H,3-16H2,1-2H3/t17-,18+,19+,20-,21-,22+,23+,24-. The van der Waals surface area contributed by atoms with Crippen molar-refractivity contribution in [3.05, 3.63) is 0 Å². The van der Waals surface area contributed by atoms with E-state index in [9.17, 15) is 19.2 Å². The molecule has 0 aromatic rings. The number of esters is 4. The molecule has 4 rings (SSSR count). The number of rotatable bonds is 16. The van der Waals surface area contributed by atoms with E-state index in [1.807, 2.05) is 13.8 Å². The van der Waals surface area contributed by atoms with Gasteiger partial charge in [0.1, 0.15) is 13.2 Å². The van der Waals surface area contributed by atoms with E-state index < -0.39 is 35.6 Å². The van der Waals surface area contributed by atoms with Crippen LogP contribution >= 0.6 is 0 Å². The Morgan fingerprint density at radius 3 is 1.13 bits per heavy atom. The van der Waals surface area contributed by atoms with E-state index in [4.69, 9.17) is 33.2 Å². The highest BCUT2D eigenvalue weighted by Gasteiger charge is 2.54. The Kier molecular flexibility index (Phi) is 11.0. The fraction of sp³-hybridized carbons (Fsp3) is 0.857. The van der Waals surface area contributed by atoms with Gasteiger partial charge in [-0.25, -0.2) is 0 Å². The molecule has 11 nitrogen and oxygen atoms in total. The first-order valence-corrected chi connectivity index (χ1v) is 14.5. The predicted octanol–water partition coefficient (Wildman–Crippen LogP) is 2.36. The molecule has 0 amide bonds. The monoisotopic (exact) mass is 554 g/mol. The minimum atomic E-state index is -0.587. The lowest BCUT2D eigenvalue weighted by molar-refractivity contribution is -0.164. The van der Waals surface area contributed by atoms with Gasteiger partial charge in [-0.1, -0.05) is 26.7 Å². The molecule has 0 radical (unpaired) electrons. The molecule has 2 saturated carbocycles. The van der Waals surface area contributed by atoms with Crippen LogP contribution in [0.4, 0.5) is 0 Å². The van der Waals surface area contributed by atoms with Crippen molar-refractivity contribution in [3.63, 3.8) is 0 Å². The normalized spacial score (nSPS) is 32.3. The summed E-state index contributed by atoms with van der Waals surface area (Å²) in [4.78, 5) is 50.4. The molecule has 0 bridgehead atoms. The summed E-state index contributed by atoms with van der Waals surface area (Å²) < 4.78 is 38.0. The highest BCUT2D eigenvalue weighted by atomic mass is 16.6. The number of epoxide rings is 2. The van der Waals surface area contributed by atoms with Crippen LogP contribution in [0.1, 0.15) is 65.2 Å². The molecular formula is C28H42O11. The molecule has 0 aromatic carbocycles. The van der Waals surface area contributed by atoms with Gasteiger partial charge in [-0.2, -0.15) is 0 Å². The minimum absolute atomic E-state index is 0.00694. The largest absolute Gasteiger partial charge is 0.465 e. The van der Waals surface area contributed by atoms with Gasteiger partial charge in [0.15, 0.2) is 0 Å². The quantitative estimate of drug-likeness (QED) is 0.120. The SMILES string of the molecule is CCCCOC(=O)[C@H]1C[C@@H]2O[C@@H]2C[C@H]1C(=O)OCCOCCOC(=O)[C@H]1C[C@@H]2O[C@@H]2C[C@H]1C(=O)OCCCC. The zero-order valence-electron chi connectivity index (χ0n) is 23.0. The summed E-state index contributed by atoms with van der Waals surface area (Å²) in [5.41, 5.74) is 0. The van der Waals surface area contributed by atoms with E-state index in [1.54, 1.807) is 0 Å². The molecule has 0 spiro atoms. The number of hydrogen-bond donors (Lipinski definition) is 0. The molecule has 4 aliphatic rings. The minimum Gasteiger partial charge on any atom is -0.465 e. The second-order valence-electron chi connectivity index (χ2n) is 10.8. The summed E-state index contributed by atoms with van der Waals surface area (Å²) in [7, 11) is 0. The lowest BCUT2D eigenvalue weighted by Gasteiger charge is -2.26. The van der Waals surface area contributed by atoms with Gasteiger partial charge in [0, 0.05) is 0 Å². The molecular weight excluding hydrogens is 512 g/mol. The number of carbonyl (C=O) groups is 4. The van der Waals surface area contributed by atoms with Crippen molar-refractivity contribution in [1.82, 2.24) is 0 Å². The van der Waals surface area contributed by atoms with Gasteiger partial charge in [0.25, 0.3) is 0 Å². The van der Waals surface area contributed by atoms with E-state index in [1.165, 1.54) is 0 Å². The summed E-state index contributed by atoms with van der Waals surface area (Å²) in [6, 6.07) is 0. The van der Waals surface area contributed by atoms with Crippen molar-refractivity contribution in [3.8, 4) is 0 Å². The van der Waals surface area contributed by atoms with Crippen LogP contribution in [-0.2, 0) is 52.3 Å². The van der Waals surface area contributed by atoms with Crippen molar-refractivity contribution in [2.45, 2.75) is 89.6 Å². The van der Waals surface area contributed by atoms with Crippen LogP contribution in [0.5, 0.6) is 0 Å². The molecule has 2 aliphatic heterocycles. The van der Waals surface area contributed by atoms with E-state index >= 15 is 0 Å². The highest BCUT2D eigenvalue weighted by molar-refractivity contribution is 5.83. The summed E-state index contributed by atoms with van der Waals surface area (Å²) in [5, 5.41) is 0. The van der Waals surface area contributed by atoms with Crippen molar-refractivity contribution < 1.29 is 52.3 Å². The zero-order chi connectivity index (χ0) is 27.8. The Bertz CT molecular complexity index is 792. The Morgan fingerprint density at radius 1 is 0.513 bits per heavy atom. The fourth-order valence-electron chi connectivity index (χ4n) is 5.45. The van der Waals surface area contributed by atoms with Gasteiger partial charge in [-0.15, -0.1) is 0 Å². The smallest absolute Gasteiger partial charge is 0.309 e. The van der Waals surface area contributed by atoms with Gasteiger partial charge in [-0.3, -0.25) is 19.2 Å². The predicted molar refractivity (Wildman–Crippen MR) is 134 cm³/mol. The molecule has 2 saturated heterocycles. The van der Waals surface area contributed by atoms with E-state index in [2.05, 4.69) is 0 Å². The van der Waals surface area contributed by atoms with Crippen LogP contribution in [-0.4, -0.2) is 87.9 Å². The van der Waals surface area contributed by atoms with Crippen molar-refractivity contribution in [2.75, 3.05) is 39.6 Å². The van der Waals surface area contributed by atoms with Crippen LogP contribution < -0.4 is 0 Å². The van der Waals surface area contributed by atoms with Crippen LogP contribution in [0.15, 0.2) is 0 Å². The first-order chi connectivity index (χ1) is 18.9. The molecule has 2 heterocycles. The maximum atomic E-state index is 12.7. The van der Waals surface area contributed by atoms with E-state index in [0.717, 1.165) is 25.7 Å². The number of carbonyl (C=O) groups excluding carboxylic acids is 4. The van der Waals surface area contributed by atoms with Gasteiger partial charge in [0.05, 0.1) is 74.5 Å². The number of fused-ring (bicyclic) bond motifs is 2. The highest BCUT2D eigenvalue weighted by Crippen LogP contribution is 2.44. The molecule has 39 heavy (non-hydrogen) atoms. The van der Waals surface area contributed by atoms with Crippen molar-refractivity contribution in [2.24, 2.45) is 23.7 Å². The molecule has 2 aliphatic carbocycles. The second kappa shape index (κ2) is 14.4. The average molecular weight is 555 g/mol. The van der Waals surface area contributed by atoms with Crippen LogP contribution in [0.25, 0.3) is 0 Å². The Morgan fingerprint density at radius 2 is 0.821 bits per heavy atom. The van der Waals surface area contributed by atoms with E-state index in [-0.39, 0.29) is 62.8 Å². The van der Waals surface area contributed by atoms with Crippen LogP contribution in [0.2, 0.25) is 0 Å². The summed E-state index contributed by atoms with van der Waals surface area (Å²) >= 11 is 0. The van der Waals surface area contributed by atoms with Crippen molar-refractivity contribution >= 4 is 23.9 Å². The average Bonchev–Trinajstić information content (AvgIpc) is 3.85. The third-order valence-corrected chi connectivity index (χ3v) is 7.93. The number of unbranched alkanes of at least 4 members (excludes halogenated alkanes) is 2. The lowest BCUT2D eigenvalue weighted by Crippen LogP contribution is -2.38. The maximum Gasteiger partial charge on any atom is 0.309 e. The topological polar surface area (TPSA) is 139 Å². The lowest BCUT2D eigenvalue weighted by atomic mass is 9.79. The number of ether oxygens (including phenoxy) is 7. The molecule has 8 atom stereocenters. The molecule has 0 aromatic heterocycles. The van der Waals surface area contributed by atoms with E-state index in [0.29, 0.717) is 38.9 Å². The summed E-state index contributed by atoms with van der Waals surface area (Å²) in [6.07, 6.45) is 5.32. The first-order valence-electron chi connectivity index (χ1n) is 14.5. The molecule has 220 valence electrons. The Hall–Kier alpha value is -2.24. The third-order valence-electron chi connectivity index (χ3n) is 7.93. The molecule has 0 unspecified atom stereocenters. The molecule has 4 fully saturated rings. The summed E-state index contributed by atoms with van der Waals surface area (Å²) in [5.74, 6) is -3.92. The third kappa shape index (κ3) is 8.38. The maximum absolute atomic E-state index is 12.7. The fourth-order valence-corrected chi connectivity index (χ4v) is 5.45. The summed E-state index contributed by atoms with van der Waals surface area (Å²) in [6.45, 7) is 5.01. The Balaban J connectivity index is 1.11. The van der Waals surface area contributed by atoms with Gasteiger partial charge in [0.2, 0.25) is 0 Å². The van der Waals surface area contributed by atoms with Gasteiger partial charge >= 0.3 is 23.9 Å². The van der Waals surface area contributed by atoms with Crippen LogP contribution in [0.3, 0.4) is 0 Å². The first kappa shape index (κ1) is 29.7. The Labute approximate surface area is 229 Å². The van der Waals surface area contributed by atoms with Crippen LogP contribution in [0, 0.1) is 23.7 Å². The van der Waals surface area contributed by atoms with Gasteiger partial charge < -0.3 is 33.2 Å². The second-order valence-corrected chi connectivity index (χ2v) is 10.8. The van der Waals surface area contributed by atoms with Crippen molar-refractivity contribution in [1.29, 1.82) is 0 Å². The number of hydrogen-bond acceptors (Lipinski definition) is 11. The zero-order valence-corrected chi connectivity index (χ0v) is 23.0. The molecule has 11 heteroatoms. The molecule has 0 N–H and O–H groups in total. The van der Waals surface area contributed by atoms with Gasteiger partial charge in [-0.05, 0) is 38.5 Å².